The number of hydrogen-bond donors (Lipinski definition) is 1. The zero-order valence-electron chi connectivity index (χ0n) is 11.0. The number of aromatic nitrogens is 2. The molecule has 0 aliphatic rings. The first-order chi connectivity index (χ1) is 9.80. The topological polar surface area (TPSA) is 61.6 Å². The van der Waals surface area contributed by atoms with Crippen LogP contribution in [-0.4, -0.2) is 17.0 Å². The molecule has 0 aliphatic carbocycles. The summed E-state index contributed by atoms with van der Waals surface area (Å²) in [4.78, 5) is 8.67. The Bertz CT molecular complexity index is 818. The third-order valence-electron chi connectivity index (χ3n) is 3.10. The van der Waals surface area contributed by atoms with Gasteiger partial charge in [0.2, 0.25) is 0 Å². The molecular weight excluding hydrogens is 248 g/mol. The van der Waals surface area contributed by atoms with Gasteiger partial charge in [-0.15, -0.1) is 0 Å². The van der Waals surface area contributed by atoms with Gasteiger partial charge in [0.15, 0.2) is 5.82 Å². The predicted octanol–water partition coefficient (Wildman–Crippen LogP) is 3.21. The maximum Gasteiger partial charge on any atom is 0.163 e. The number of rotatable bonds is 2. The largest absolute Gasteiger partial charge is 0.373 e. The van der Waals surface area contributed by atoms with Crippen molar-refractivity contribution in [2.24, 2.45) is 0 Å². The van der Waals surface area contributed by atoms with Gasteiger partial charge in [-0.1, -0.05) is 36.4 Å². The van der Waals surface area contributed by atoms with Crippen molar-refractivity contribution in [3.63, 3.8) is 0 Å². The van der Waals surface area contributed by atoms with E-state index in [2.05, 4.69) is 27.4 Å². The molecule has 4 heteroatoms. The Morgan fingerprint density at radius 2 is 1.80 bits per heavy atom. The van der Waals surface area contributed by atoms with Gasteiger partial charge in [0.25, 0.3) is 0 Å². The van der Waals surface area contributed by atoms with Gasteiger partial charge in [0.05, 0.1) is 0 Å². The van der Waals surface area contributed by atoms with Crippen LogP contribution in [0, 0.1) is 11.3 Å². The Balaban J connectivity index is 2.17. The zero-order chi connectivity index (χ0) is 13.9. The van der Waals surface area contributed by atoms with Gasteiger partial charge >= 0.3 is 0 Å². The van der Waals surface area contributed by atoms with Crippen LogP contribution < -0.4 is 5.32 Å². The van der Waals surface area contributed by atoms with Crippen molar-refractivity contribution in [1.82, 2.24) is 9.97 Å². The van der Waals surface area contributed by atoms with E-state index in [0.717, 1.165) is 10.9 Å². The molecular formula is C16H12N4. The molecule has 0 aliphatic heterocycles. The molecule has 4 nitrogen and oxygen atoms in total. The molecule has 3 rings (SSSR count). The number of nitrogens with zero attached hydrogens (tertiary/aromatic N) is 3. The summed E-state index contributed by atoms with van der Waals surface area (Å²) in [6.07, 6.45) is 0. The minimum absolute atomic E-state index is 0.354. The van der Waals surface area contributed by atoms with Crippen LogP contribution in [0.25, 0.3) is 22.2 Å². The monoisotopic (exact) mass is 260 g/mol. The lowest BCUT2D eigenvalue weighted by Gasteiger charge is -2.06. The van der Waals surface area contributed by atoms with Gasteiger partial charge in [-0.25, -0.2) is 9.97 Å². The normalized spacial score (nSPS) is 10.2. The van der Waals surface area contributed by atoms with Crippen molar-refractivity contribution >= 4 is 16.6 Å². The summed E-state index contributed by atoms with van der Waals surface area (Å²) in [7, 11) is 1.77. The van der Waals surface area contributed by atoms with E-state index in [1.54, 1.807) is 13.1 Å². The first-order valence-corrected chi connectivity index (χ1v) is 6.26. The highest BCUT2D eigenvalue weighted by atomic mass is 15.0. The standard InChI is InChI=1S/C16H12N4/c1-18-15-9-14(10-17)19-16(20-15)13-7-6-11-4-2-3-5-12(11)8-13/h2-9H,1H3,(H,18,19,20). The van der Waals surface area contributed by atoms with Crippen molar-refractivity contribution in [1.29, 1.82) is 5.26 Å². The fraction of sp³-hybridized carbons (Fsp3) is 0.0625. The maximum atomic E-state index is 9.03. The van der Waals surface area contributed by atoms with Crippen LogP contribution >= 0.6 is 0 Å². The second kappa shape index (κ2) is 4.98. The summed E-state index contributed by atoms with van der Waals surface area (Å²) in [5, 5.41) is 14.3. The molecule has 0 fully saturated rings. The average molecular weight is 260 g/mol. The molecule has 1 N–H and O–H groups in total. The van der Waals surface area contributed by atoms with Gasteiger partial charge in [0.1, 0.15) is 17.6 Å². The lowest BCUT2D eigenvalue weighted by molar-refractivity contribution is 1.14. The van der Waals surface area contributed by atoms with Crippen LogP contribution in [0.3, 0.4) is 0 Å². The summed E-state index contributed by atoms with van der Waals surface area (Å²) in [6.45, 7) is 0. The number of fused-ring (bicyclic) bond motifs is 1. The van der Waals surface area contributed by atoms with Gasteiger partial charge < -0.3 is 5.32 Å². The smallest absolute Gasteiger partial charge is 0.163 e. The van der Waals surface area contributed by atoms with Crippen LogP contribution in [0.15, 0.2) is 48.5 Å². The molecule has 2 aromatic carbocycles. The first kappa shape index (κ1) is 12.1. The second-order valence-corrected chi connectivity index (χ2v) is 4.39. The first-order valence-electron chi connectivity index (χ1n) is 6.26. The van der Waals surface area contributed by atoms with Crippen molar-refractivity contribution < 1.29 is 0 Å². The highest BCUT2D eigenvalue weighted by Crippen LogP contribution is 2.23. The van der Waals surface area contributed by atoms with Gasteiger partial charge in [-0.3, -0.25) is 0 Å². The summed E-state index contributed by atoms with van der Waals surface area (Å²) < 4.78 is 0. The summed E-state index contributed by atoms with van der Waals surface area (Å²) >= 11 is 0. The zero-order valence-corrected chi connectivity index (χ0v) is 11.0. The maximum absolute atomic E-state index is 9.03. The van der Waals surface area contributed by atoms with Crippen molar-refractivity contribution in [2.75, 3.05) is 12.4 Å². The van der Waals surface area contributed by atoms with Crippen LogP contribution in [0.2, 0.25) is 0 Å². The summed E-state index contributed by atoms with van der Waals surface area (Å²) in [5.74, 6) is 1.19. The molecule has 0 atom stereocenters. The number of benzene rings is 2. The fourth-order valence-electron chi connectivity index (χ4n) is 2.09. The molecule has 96 valence electrons. The highest BCUT2D eigenvalue weighted by Gasteiger charge is 2.06. The SMILES string of the molecule is CNc1cc(C#N)nc(-c2ccc3ccccc3c2)n1. The third kappa shape index (κ3) is 2.17. The number of anilines is 1. The number of hydrogen-bond acceptors (Lipinski definition) is 4. The van der Waals surface area contributed by atoms with E-state index in [1.807, 2.05) is 36.4 Å². The highest BCUT2D eigenvalue weighted by molar-refractivity contribution is 5.86. The Morgan fingerprint density at radius 3 is 2.55 bits per heavy atom. The van der Waals surface area contributed by atoms with Gasteiger partial charge in [-0.2, -0.15) is 5.26 Å². The Hall–Kier alpha value is -2.93. The molecule has 1 aromatic heterocycles. The molecule has 1 heterocycles. The third-order valence-corrected chi connectivity index (χ3v) is 3.10. The molecule has 0 spiro atoms. The quantitative estimate of drug-likeness (QED) is 0.768. The molecule has 0 bridgehead atoms. The van der Waals surface area contributed by atoms with Gasteiger partial charge in [0, 0.05) is 18.7 Å². The summed E-state index contributed by atoms with van der Waals surface area (Å²) in [6, 6.07) is 17.8. The molecule has 0 unspecified atom stereocenters. The van der Waals surface area contributed by atoms with E-state index in [0.29, 0.717) is 17.3 Å². The molecule has 0 radical (unpaired) electrons. The molecule has 0 amide bonds. The van der Waals surface area contributed by atoms with Crippen LogP contribution in [0.5, 0.6) is 0 Å². The van der Waals surface area contributed by atoms with Crippen LogP contribution in [0.4, 0.5) is 5.82 Å². The van der Waals surface area contributed by atoms with Crippen molar-refractivity contribution in [3.05, 3.63) is 54.2 Å². The number of nitrogens with one attached hydrogen (secondary N) is 1. The molecule has 20 heavy (non-hydrogen) atoms. The lowest BCUT2D eigenvalue weighted by Crippen LogP contribution is -1.98. The van der Waals surface area contributed by atoms with E-state index >= 15 is 0 Å². The van der Waals surface area contributed by atoms with E-state index in [9.17, 15) is 0 Å². The van der Waals surface area contributed by atoms with E-state index < -0.39 is 0 Å². The van der Waals surface area contributed by atoms with E-state index in [-0.39, 0.29) is 0 Å². The summed E-state index contributed by atoms with van der Waals surface area (Å²) in [5.41, 5.74) is 1.25. The minimum Gasteiger partial charge on any atom is -0.373 e. The Kier molecular flexibility index (Phi) is 3.02. The van der Waals surface area contributed by atoms with Crippen LogP contribution in [-0.2, 0) is 0 Å². The lowest BCUT2D eigenvalue weighted by atomic mass is 10.1. The van der Waals surface area contributed by atoms with Crippen molar-refractivity contribution in [2.45, 2.75) is 0 Å². The fourth-order valence-corrected chi connectivity index (χ4v) is 2.09. The second-order valence-electron chi connectivity index (χ2n) is 4.39. The minimum atomic E-state index is 0.354. The van der Waals surface area contributed by atoms with Crippen LogP contribution in [0.1, 0.15) is 5.69 Å². The molecule has 0 saturated heterocycles. The number of nitriles is 1. The Labute approximate surface area is 116 Å². The van der Waals surface area contributed by atoms with E-state index in [4.69, 9.17) is 5.26 Å². The molecule has 3 aromatic rings. The Morgan fingerprint density at radius 1 is 1.00 bits per heavy atom. The van der Waals surface area contributed by atoms with Crippen molar-refractivity contribution in [3.8, 4) is 17.5 Å². The predicted molar refractivity (Wildman–Crippen MR) is 79.2 cm³/mol. The molecule has 0 saturated carbocycles. The van der Waals surface area contributed by atoms with Gasteiger partial charge in [-0.05, 0) is 16.8 Å². The average Bonchev–Trinajstić information content (AvgIpc) is 2.53. The van der Waals surface area contributed by atoms with E-state index in [1.165, 1.54) is 5.39 Å².